The van der Waals surface area contributed by atoms with Crippen molar-refractivity contribution in [3.05, 3.63) is 58.3 Å². The first kappa shape index (κ1) is 15.7. The van der Waals surface area contributed by atoms with Crippen LogP contribution in [0.1, 0.15) is 30.2 Å². The maximum absolute atomic E-state index is 11.4. The summed E-state index contributed by atoms with van der Waals surface area (Å²) in [5.41, 5.74) is 0.847. The van der Waals surface area contributed by atoms with Crippen LogP contribution in [-0.4, -0.2) is 24.2 Å². The second-order valence-electron chi connectivity index (χ2n) is 5.79. The maximum atomic E-state index is 11.4. The Hall–Kier alpha value is -1.65. The molecule has 1 aromatic carbocycles. The Kier molecular flexibility index (Phi) is 5.15. The van der Waals surface area contributed by atoms with Gasteiger partial charge in [-0.1, -0.05) is 50.2 Å². The second kappa shape index (κ2) is 6.87. The van der Waals surface area contributed by atoms with Crippen LogP contribution in [0.25, 0.3) is 0 Å². The standard InChI is InChI=1S/C17H21NO2S/c1-17(2,15-9-6-10-21-15)12-18-11-14(16(19)20)13-7-4-3-5-8-13/h3-10,14,18H,11-12H2,1-2H3,(H,19,20). The highest BCUT2D eigenvalue weighted by Gasteiger charge is 2.24. The summed E-state index contributed by atoms with van der Waals surface area (Å²) >= 11 is 1.74. The van der Waals surface area contributed by atoms with Gasteiger partial charge in [-0.2, -0.15) is 0 Å². The SMILES string of the molecule is CC(C)(CNCC(C(=O)O)c1ccccc1)c1cccs1. The molecule has 1 unspecified atom stereocenters. The normalized spacial score (nSPS) is 13.0. The van der Waals surface area contributed by atoms with Gasteiger partial charge in [0.1, 0.15) is 0 Å². The quantitative estimate of drug-likeness (QED) is 0.823. The highest BCUT2D eigenvalue weighted by molar-refractivity contribution is 7.10. The molecule has 1 atom stereocenters. The molecule has 0 radical (unpaired) electrons. The molecule has 0 saturated carbocycles. The highest BCUT2D eigenvalue weighted by atomic mass is 32.1. The number of aliphatic carboxylic acids is 1. The summed E-state index contributed by atoms with van der Waals surface area (Å²) in [6.45, 7) is 5.53. The van der Waals surface area contributed by atoms with Gasteiger partial charge in [0.25, 0.3) is 0 Å². The third-order valence-electron chi connectivity index (χ3n) is 3.60. The molecular weight excluding hydrogens is 282 g/mol. The zero-order valence-electron chi connectivity index (χ0n) is 12.4. The summed E-state index contributed by atoms with van der Waals surface area (Å²) in [6.07, 6.45) is 0. The van der Waals surface area contributed by atoms with Gasteiger partial charge in [-0.25, -0.2) is 0 Å². The molecule has 21 heavy (non-hydrogen) atoms. The van der Waals surface area contributed by atoms with E-state index in [2.05, 4.69) is 30.6 Å². The molecule has 0 amide bonds. The van der Waals surface area contributed by atoms with Gasteiger partial charge in [0.15, 0.2) is 0 Å². The van der Waals surface area contributed by atoms with Crippen molar-refractivity contribution in [3.8, 4) is 0 Å². The minimum absolute atomic E-state index is 0.00785. The molecule has 0 spiro atoms. The molecule has 1 aromatic heterocycles. The third kappa shape index (κ3) is 4.16. The molecule has 2 aromatic rings. The van der Waals surface area contributed by atoms with Gasteiger partial charge in [-0.15, -0.1) is 11.3 Å². The van der Waals surface area contributed by atoms with Gasteiger partial charge in [0.2, 0.25) is 0 Å². The predicted octanol–water partition coefficient (Wildman–Crippen LogP) is 3.48. The van der Waals surface area contributed by atoms with Crippen molar-refractivity contribution in [1.82, 2.24) is 5.32 Å². The number of hydrogen-bond acceptors (Lipinski definition) is 3. The van der Waals surface area contributed by atoms with E-state index in [1.54, 1.807) is 11.3 Å². The molecule has 0 aliphatic carbocycles. The monoisotopic (exact) mass is 303 g/mol. The largest absolute Gasteiger partial charge is 0.481 e. The van der Waals surface area contributed by atoms with E-state index >= 15 is 0 Å². The van der Waals surface area contributed by atoms with E-state index < -0.39 is 11.9 Å². The Morgan fingerprint density at radius 1 is 1.24 bits per heavy atom. The fourth-order valence-corrected chi connectivity index (χ4v) is 3.16. The van der Waals surface area contributed by atoms with E-state index in [0.29, 0.717) is 6.54 Å². The Labute approximate surface area is 129 Å². The Balaban J connectivity index is 1.96. The minimum Gasteiger partial charge on any atom is -0.481 e. The van der Waals surface area contributed by atoms with E-state index in [-0.39, 0.29) is 5.41 Å². The lowest BCUT2D eigenvalue weighted by molar-refractivity contribution is -0.138. The summed E-state index contributed by atoms with van der Waals surface area (Å²) in [4.78, 5) is 12.8. The minimum atomic E-state index is -0.789. The second-order valence-corrected chi connectivity index (χ2v) is 6.74. The third-order valence-corrected chi connectivity index (χ3v) is 4.84. The van der Waals surface area contributed by atoms with Crippen molar-refractivity contribution >= 4 is 17.3 Å². The van der Waals surface area contributed by atoms with Crippen LogP contribution in [0.4, 0.5) is 0 Å². The first-order chi connectivity index (χ1) is 10.0. The van der Waals surface area contributed by atoms with Crippen LogP contribution in [-0.2, 0) is 10.2 Å². The molecule has 0 aliphatic heterocycles. The molecule has 2 rings (SSSR count). The number of rotatable bonds is 7. The van der Waals surface area contributed by atoms with Crippen LogP contribution in [0.2, 0.25) is 0 Å². The number of hydrogen-bond donors (Lipinski definition) is 2. The first-order valence-electron chi connectivity index (χ1n) is 7.03. The smallest absolute Gasteiger partial charge is 0.312 e. The van der Waals surface area contributed by atoms with Crippen LogP contribution >= 0.6 is 11.3 Å². The average Bonchev–Trinajstić information content (AvgIpc) is 2.99. The van der Waals surface area contributed by atoms with E-state index in [1.807, 2.05) is 36.4 Å². The van der Waals surface area contributed by atoms with Crippen LogP contribution in [0, 0.1) is 0 Å². The van der Waals surface area contributed by atoms with Gasteiger partial charge >= 0.3 is 5.97 Å². The number of carboxylic acid groups (broad SMARTS) is 1. The molecule has 2 N–H and O–H groups in total. The van der Waals surface area contributed by atoms with Crippen LogP contribution in [0.15, 0.2) is 47.8 Å². The lowest BCUT2D eigenvalue weighted by Crippen LogP contribution is -2.36. The number of thiophene rings is 1. The van der Waals surface area contributed by atoms with Gasteiger partial charge in [0.05, 0.1) is 5.92 Å². The van der Waals surface area contributed by atoms with Crippen LogP contribution in [0.3, 0.4) is 0 Å². The van der Waals surface area contributed by atoms with Gasteiger partial charge < -0.3 is 10.4 Å². The number of nitrogens with one attached hydrogen (secondary N) is 1. The summed E-state index contributed by atoms with van der Waals surface area (Å²) in [5, 5.41) is 14.8. The molecular formula is C17H21NO2S. The van der Waals surface area contributed by atoms with E-state index in [0.717, 1.165) is 12.1 Å². The van der Waals surface area contributed by atoms with Crippen molar-refractivity contribution in [1.29, 1.82) is 0 Å². The first-order valence-corrected chi connectivity index (χ1v) is 7.91. The predicted molar refractivity (Wildman–Crippen MR) is 87.0 cm³/mol. The Bertz CT molecular complexity index is 564. The molecule has 0 saturated heterocycles. The van der Waals surface area contributed by atoms with Crippen molar-refractivity contribution in [2.45, 2.75) is 25.2 Å². The number of carbonyl (C=O) groups is 1. The van der Waals surface area contributed by atoms with Crippen molar-refractivity contribution < 1.29 is 9.90 Å². The molecule has 3 nitrogen and oxygen atoms in total. The fourth-order valence-electron chi connectivity index (χ4n) is 2.31. The fraction of sp³-hybridized carbons (Fsp3) is 0.353. The molecule has 4 heteroatoms. The maximum Gasteiger partial charge on any atom is 0.312 e. The summed E-state index contributed by atoms with van der Waals surface area (Å²) in [6, 6.07) is 13.6. The zero-order chi connectivity index (χ0) is 15.3. The summed E-state index contributed by atoms with van der Waals surface area (Å²) < 4.78 is 0. The molecule has 0 bridgehead atoms. The molecule has 112 valence electrons. The lowest BCUT2D eigenvalue weighted by atomic mass is 9.91. The van der Waals surface area contributed by atoms with Gasteiger partial charge in [-0.05, 0) is 17.0 Å². The van der Waals surface area contributed by atoms with Gasteiger partial charge in [0, 0.05) is 23.4 Å². The van der Waals surface area contributed by atoms with Gasteiger partial charge in [-0.3, -0.25) is 4.79 Å². The Morgan fingerprint density at radius 3 is 2.52 bits per heavy atom. The lowest BCUT2D eigenvalue weighted by Gasteiger charge is -2.25. The van der Waals surface area contributed by atoms with Crippen LogP contribution < -0.4 is 5.32 Å². The summed E-state index contributed by atoms with van der Waals surface area (Å²) in [7, 11) is 0. The molecule has 0 aliphatic rings. The average molecular weight is 303 g/mol. The summed E-state index contributed by atoms with van der Waals surface area (Å²) in [5.74, 6) is -1.30. The van der Waals surface area contributed by atoms with Crippen molar-refractivity contribution in [3.63, 3.8) is 0 Å². The van der Waals surface area contributed by atoms with Crippen molar-refractivity contribution in [2.24, 2.45) is 0 Å². The topological polar surface area (TPSA) is 49.3 Å². The van der Waals surface area contributed by atoms with E-state index in [1.165, 1.54) is 4.88 Å². The number of benzene rings is 1. The molecule has 1 heterocycles. The molecule has 0 fully saturated rings. The van der Waals surface area contributed by atoms with E-state index in [4.69, 9.17) is 0 Å². The van der Waals surface area contributed by atoms with E-state index in [9.17, 15) is 9.90 Å². The Morgan fingerprint density at radius 2 is 1.95 bits per heavy atom. The van der Waals surface area contributed by atoms with Crippen molar-refractivity contribution in [2.75, 3.05) is 13.1 Å². The van der Waals surface area contributed by atoms with Crippen LogP contribution in [0.5, 0.6) is 0 Å². The number of carboxylic acids is 1. The zero-order valence-corrected chi connectivity index (χ0v) is 13.2. The highest BCUT2D eigenvalue weighted by Crippen LogP contribution is 2.26.